The lowest BCUT2D eigenvalue weighted by Gasteiger charge is -2.13. The highest BCUT2D eigenvalue weighted by Gasteiger charge is 2.18. The zero-order chi connectivity index (χ0) is 11.7. The van der Waals surface area contributed by atoms with Crippen LogP contribution in [0, 0.1) is 0 Å². The smallest absolute Gasteiger partial charge is 0.130 e. The Balaban J connectivity index is 2.18. The summed E-state index contributed by atoms with van der Waals surface area (Å²) in [5, 5.41) is 0. The minimum absolute atomic E-state index is 1.05. The Bertz CT molecular complexity index is 534. The Morgan fingerprint density at radius 2 is 1.88 bits per heavy atom. The summed E-state index contributed by atoms with van der Waals surface area (Å²) < 4.78 is 5.62. The summed E-state index contributed by atoms with van der Waals surface area (Å²) in [4.78, 5) is 4.06. The van der Waals surface area contributed by atoms with Crippen LogP contribution >= 0.6 is 0 Å². The number of aromatic nitrogens is 1. The van der Waals surface area contributed by atoms with Crippen LogP contribution in [0.3, 0.4) is 0 Å². The van der Waals surface area contributed by atoms with Crippen molar-refractivity contribution in [3.8, 4) is 16.9 Å². The molecular formula is C15H15NO. The van der Waals surface area contributed by atoms with E-state index in [9.17, 15) is 0 Å². The van der Waals surface area contributed by atoms with Gasteiger partial charge in [-0.05, 0) is 48.1 Å². The van der Waals surface area contributed by atoms with Gasteiger partial charge >= 0.3 is 0 Å². The predicted octanol–water partition coefficient (Wildman–Crippen LogP) is 3.25. The third-order valence-corrected chi connectivity index (χ3v) is 3.43. The second-order valence-electron chi connectivity index (χ2n) is 4.37. The summed E-state index contributed by atoms with van der Waals surface area (Å²) in [5.74, 6) is 1.05. The maximum absolute atomic E-state index is 5.62. The number of hydrogen-bond donors (Lipinski definition) is 0. The van der Waals surface area contributed by atoms with Crippen molar-refractivity contribution in [2.75, 3.05) is 7.11 Å². The Labute approximate surface area is 101 Å². The molecule has 0 amide bonds. The van der Waals surface area contributed by atoms with Crippen LogP contribution in [0.15, 0.2) is 36.7 Å². The maximum Gasteiger partial charge on any atom is 0.130 e. The van der Waals surface area contributed by atoms with Gasteiger partial charge in [0.25, 0.3) is 0 Å². The van der Waals surface area contributed by atoms with Crippen LogP contribution in [-0.2, 0) is 12.8 Å². The summed E-state index contributed by atoms with van der Waals surface area (Å²) in [7, 11) is 1.76. The summed E-state index contributed by atoms with van der Waals surface area (Å²) in [6.45, 7) is 0. The second kappa shape index (κ2) is 4.21. The van der Waals surface area contributed by atoms with Gasteiger partial charge < -0.3 is 4.74 Å². The van der Waals surface area contributed by atoms with Gasteiger partial charge in [0.05, 0.1) is 7.11 Å². The van der Waals surface area contributed by atoms with E-state index in [0.717, 1.165) is 12.2 Å². The molecule has 0 radical (unpaired) electrons. The van der Waals surface area contributed by atoms with Crippen LogP contribution in [0.5, 0.6) is 5.75 Å². The first kappa shape index (κ1) is 10.3. The molecule has 2 heteroatoms. The van der Waals surface area contributed by atoms with Crippen LogP contribution in [0.25, 0.3) is 11.1 Å². The monoisotopic (exact) mass is 225 g/mol. The van der Waals surface area contributed by atoms with E-state index in [0.29, 0.717) is 0 Å². The van der Waals surface area contributed by atoms with Crippen molar-refractivity contribution < 1.29 is 4.74 Å². The number of benzene rings is 1. The fraction of sp³-hybridized carbons (Fsp3) is 0.267. The van der Waals surface area contributed by atoms with Gasteiger partial charge in [-0.15, -0.1) is 0 Å². The van der Waals surface area contributed by atoms with Gasteiger partial charge in [0, 0.05) is 18.0 Å². The van der Waals surface area contributed by atoms with E-state index in [2.05, 4.69) is 17.1 Å². The zero-order valence-corrected chi connectivity index (χ0v) is 9.94. The molecule has 0 saturated carbocycles. The van der Waals surface area contributed by atoms with Gasteiger partial charge in [0.1, 0.15) is 5.75 Å². The molecule has 1 aromatic carbocycles. The van der Waals surface area contributed by atoms with Crippen molar-refractivity contribution in [3.05, 3.63) is 47.8 Å². The standard InChI is InChI=1S/C15H15NO/c1-17-15-13-4-2-3-11(13)5-6-14(15)12-7-9-16-10-8-12/h5-10H,2-4H2,1H3. The van der Waals surface area contributed by atoms with Gasteiger partial charge in [-0.3, -0.25) is 4.98 Å². The molecule has 1 heterocycles. The number of nitrogens with zero attached hydrogens (tertiary/aromatic N) is 1. The Kier molecular flexibility index (Phi) is 2.56. The van der Waals surface area contributed by atoms with Crippen LogP contribution in [0.4, 0.5) is 0 Å². The highest BCUT2D eigenvalue weighted by atomic mass is 16.5. The molecule has 0 bridgehead atoms. The first-order valence-electron chi connectivity index (χ1n) is 5.99. The molecule has 1 aliphatic carbocycles. The fourth-order valence-corrected chi connectivity index (χ4v) is 2.62. The molecule has 0 saturated heterocycles. The van der Waals surface area contributed by atoms with E-state index in [4.69, 9.17) is 4.74 Å². The summed E-state index contributed by atoms with van der Waals surface area (Å²) in [5.41, 5.74) is 5.18. The van der Waals surface area contributed by atoms with Crippen molar-refractivity contribution in [2.24, 2.45) is 0 Å². The lowest BCUT2D eigenvalue weighted by Crippen LogP contribution is -1.94. The third kappa shape index (κ3) is 1.70. The maximum atomic E-state index is 5.62. The quantitative estimate of drug-likeness (QED) is 0.782. The molecule has 2 nitrogen and oxygen atoms in total. The number of aryl methyl sites for hydroxylation is 1. The van der Waals surface area contributed by atoms with Crippen molar-refractivity contribution >= 4 is 0 Å². The van der Waals surface area contributed by atoms with E-state index in [1.807, 2.05) is 24.5 Å². The number of pyridine rings is 1. The molecule has 0 spiro atoms. The lowest BCUT2D eigenvalue weighted by atomic mass is 9.99. The van der Waals surface area contributed by atoms with E-state index < -0.39 is 0 Å². The van der Waals surface area contributed by atoms with Gasteiger partial charge in [-0.25, -0.2) is 0 Å². The van der Waals surface area contributed by atoms with E-state index in [1.54, 1.807) is 7.11 Å². The van der Waals surface area contributed by atoms with Crippen molar-refractivity contribution in [2.45, 2.75) is 19.3 Å². The predicted molar refractivity (Wildman–Crippen MR) is 68.3 cm³/mol. The Morgan fingerprint density at radius 1 is 1.06 bits per heavy atom. The molecule has 2 aromatic rings. The van der Waals surface area contributed by atoms with Crippen LogP contribution in [0.1, 0.15) is 17.5 Å². The van der Waals surface area contributed by atoms with Crippen LogP contribution < -0.4 is 4.74 Å². The second-order valence-corrected chi connectivity index (χ2v) is 4.37. The fourth-order valence-electron chi connectivity index (χ4n) is 2.62. The van der Waals surface area contributed by atoms with Gasteiger partial charge in [-0.2, -0.15) is 0 Å². The van der Waals surface area contributed by atoms with Crippen molar-refractivity contribution in [3.63, 3.8) is 0 Å². The molecule has 0 fully saturated rings. The molecule has 0 atom stereocenters. The first-order valence-corrected chi connectivity index (χ1v) is 5.99. The highest BCUT2D eigenvalue weighted by molar-refractivity contribution is 5.73. The molecule has 3 rings (SSSR count). The topological polar surface area (TPSA) is 22.1 Å². The SMILES string of the molecule is COc1c(-c2ccncc2)ccc2c1CCC2. The molecule has 0 N–H and O–H groups in total. The molecular weight excluding hydrogens is 210 g/mol. The normalized spacial score (nSPS) is 13.5. The van der Waals surface area contributed by atoms with E-state index in [-0.39, 0.29) is 0 Å². The number of ether oxygens (including phenoxy) is 1. The zero-order valence-electron chi connectivity index (χ0n) is 9.94. The number of hydrogen-bond acceptors (Lipinski definition) is 2. The molecule has 86 valence electrons. The van der Waals surface area contributed by atoms with Gasteiger partial charge in [-0.1, -0.05) is 12.1 Å². The number of fused-ring (bicyclic) bond motifs is 1. The minimum atomic E-state index is 1.05. The summed E-state index contributed by atoms with van der Waals surface area (Å²) in [6.07, 6.45) is 7.20. The van der Waals surface area contributed by atoms with Crippen molar-refractivity contribution in [1.82, 2.24) is 4.98 Å². The van der Waals surface area contributed by atoms with E-state index >= 15 is 0 Å². The minimum Gasteiger partial charge on any atom is -0.496 e. The molecule has 1 aliphatic rings. The highest BCUT2D eigenvalue weighted by Crippen LogP contribution is 2.38. The first-order chi connectivity index (χ1) is 8.40. The summed E-state index contributed by atoms with van der Waals surface area (Å²) >= 11 is 0. The average molecular weight is 225 g/mol. The van der Waals surface area contributed by atoms with Crippen LogP contribution in [-0.4, -0.2) is 12.1 Å². The Morgan fingerprint density at radius 3 is 2.65 bits per heavy atom. The summed E-state index contributed by atoms with van der Waals surface area (Å²) in [6, 6.07) is 8.46. The average Bonchev–Trinajstić information content (AvgIpc) is 2.86. The number of rotatable bonds is 2. The lowest BCUT2D eigenvalue weighted by molar-refractivity contribution is 0.412. The molecule has 0 unspecified atom stereocenters. The van der Waals surface area contributed by atoms with Gasteiger partial charge in [0.15, 0.2) is 0 Å². The number of methoxy groups -OCH3 is 1. The molecule has 17 heavy (non-hydrogen) atoms. The van der Waals surface area contributed by atoms with Crippen LogP contribution in [0.2, 0.25) is 0 Å². The Hall–Kier alpha value is -1.83. The largest absolute Gasteiger partial charge is 0.496 e. The van der Waals surface area contributed by atoms with Gasteiger partial charge in [0.2, 0.25) is 0 Å². The third-order valence-electron chi connectivity index (χ3n) is 3.43. The molecule has 1 aromatic heterocycles. The van der Waals surface area contributed by atoms with E-state index in [1.165, 1.54) is 35.1 Å². The van der Waals surface area contributed by atoms with Crippen molar-refractivity contribution in [1.29, 1.82) is 0 Å². The molecule has 0 aliphatic heterocycles.